The fraction of sp³-hybridized carbons (Fsp3) is 0.321. The van der Waals surface area contributed by atoms with Gasteiger partial charge in [0, 0.05) is 42.8 Å². The van der Waals surface area contributed by atoms with E-state index in [1.54, 1.807) is 0 Å². The lowest BCUT2D eigenvalue weighted by Crippen LogP contribution is -2.39. The van der Waals surface area contributed by atoms with Crippen LogP contribution in [0.3, 0.4) is 0 Å². The number of pyridine rings is 2. The van der Waals surface area contributed by atoms with E-state index in [1.807, 2.05) is 40.8 Å². The van der Waals surface area contributed by atoms with Crippen LogP contribution in [0.15, 0.2) is 60.9 Å². The van der Waals surface area contributed by atoms with Crippen molar-refractivity contribution < 1.29 is 4.79 Å². The number of hydrogen-bond donors (Lipinski definition) is 0. The lowest BCUT2D eigenvalue weighted by Gasteiger charge is -2.32. The molecule has 0 aliphatic carbocycles. The highest BCUT2D eigenvalue weighted by atomic mass is 16.2. The molecule has 1 aromatic carbocycles. The zero-order chi connectivity index (χ0) is 22.9. The molecule has 1 fully saturated rings. The molecule has 1 saturated heterocycles. The number of imidazole rings is 1. The Morgan fingerprint density at radius 1 is 1.06 bits per heavy atom. The van der Waals surface area contributed by atoms with Gasteiger partial charge in [-0.05, 0) is 86.6 Å². The van der Waals surface area contributed by atoms with Gasteiger partial charge >= 0.3 is 0 Å². The van der Waals surface area contributed by atoms with Gasteiger partial charge in [0.25, 0.3) is 5.91 Å². The van der Waals surface area contributed by atoms with E-state index in [9.17, 15) is 4.79 Å². The average molecular weight is 439 g/mol. The van der Waals surface area contributed by atoms with Gasteiger partial charge in [0.05, 0.1) is 0 Å². The topological polar surface area (TPSA) is 50.5 Å². The Labute approximate surface area is 195 Å². The van der Waals surface area contributed by atoms with Crippen molar-refractivity contribution in [3.8, 4) is 0 Å². The van der Waals surface area contributed by atoms with Crippen LogP contribution in [0.1, 0.15) is 62.9 Å². The number of aryl methyl sites for hydroxylation is 3. The Bertz CT molecular complexity index is 1320. The Morgan fingerprint density at radius 2 is 1.91 bits per heavy atom. The summed E-state index contributed by atoms with van der Waals surface area (Å²) in [5, 5.41) is 0. The van der Waals surface area contributed by atoms with Gasteiger partial charge in [0.15, 0.2) is 0 Å². The Morgan fingerprint density at radius 3 is 2.76 bits per heavy atom. The maximum absolute atomic E-state index is 13.3. The Kier molecular flexibility index (Phi) is 5.71. The molecular formula is C28H30N4O. The van der Waals surface area contributed by atoms with E-state index >= 15 is 0 Å². The third-order valence-corrected chi connectivity index (χ3v) is 6.65. The van der Waals surface area contributed by atoms with Gasteiger partial charge in [-0.2, -0.15) is 0 Å². The van der Waals surface area contributed by atoms with E-state index in [4.69, 9.17) is 4.98 Å². The average Bonchev–Trinajstić information content (AvgIpc) is 3.23. The molecule has 5 heteroatoms. The number of rotatable bonds is 4. The van der Waals surface area contributed by atoms with Crippen LogP contribution in [-0.4, -0.2) is 38.3 Å². The highest BCUT2D eigenvalue weighted by Crippen LogP contribution is 2.28. The maximum atomic E-state index is 13.3. The quantitative estimate of drug-likeness (QED) is 0.436. The number of carbonyl (C=O) groups is 1. The SMILES string of the molecule is Cc1ccn2cc(C(=O)N3CCC[C@H](c4cc(Cc5ccccc5C)cc(C)n4)C3)nc2c1. The lowest BCUT2D eigenvalue weighted by molar-refractivity contribution is 0.0700. The molecule has 4 heterocycles. The van der Waals surface area contributed by atoms with Crippen molar-refractivity contribution in [2.75, 3.05) is 13.1 Å². The highest BCUT2D eigenvalue weighted by molar-refractivity contribution is 5.93. The second-order valence-electron chi connectivity index (χ2n) is 9.33. The second-order valence-corrected chi connectivity index (χ2v) is 9.33. The van der Waals surface area contributed by atoms with E-state index in [2.05, 4.69) is 55.2 Å². The van der Waals surface area contributed by atoms with Crippen LogP contribution in [0.25, 0.3) is 5.65 Å². The molecule has 0 bridgehead atoms. The second kappa shape index (κ2) is 8.81. The summed E-state index contributed by atoms with van der Waals surface area (Å²) in [6, 6.07) is 17.0. The molecule has 33 heavy (non-hydrogen) atoms. The molecule has 3 aromatic heterocycles. The monoisotopic (exact) mass is 438 g/mol. The van der Waals surface area contributed by atoms with Crippen molar-refractivity contribution in [2.24, 2.45) is 0 Å². The van der Waals surface area contributed by atoms with Gasteiger partial charge in [-0.3, -0.25) is 9.78 Å². The lowest BCUT2D eigenvalue weighted by atomic mass is 9.91. The predicted molar refractivity (Wildman–Crippen MR) is 131 cm³/mol. The van der Waals surface area contributed by atoms with E-state index in [1.165, 1.54) is 16.7 Å². The van der Waals surface area contributed by atoms with Crippen molar-refractivity contribution in [1.82, 2.24) is 19.3 Å². The van der Waals surface area contributed by atoms with Gasteiger partial charge in [0.1, 0.15) is 11.3 Å². The highest BCUT2D eigenvalue weighted by Gasteiger charge is 2.28. The summed E-state index contributed by atoms with van der Waals surface area (Å²) < 4.78 is 1.92. The van der Waals surface area contributed by atoms with E-state index in [0.29, 0.717) is 12.2 Å². The third kappa shape index (κ3) is 4.54. The molecule has 0 spiro atoms. The van der Waals surface area contributed by atoms with Crippen molar-refractivity contribution in [3.05, 3.63) is 100 Å². The molecule has 168 valence electrons. The van der Waals surface area contributed by atoms with Gasteiger partial charge < -0.3 is 9.30 Å². The van der Waals surface area contributed by atoms with Crippen LogP contribution in [-0.2, 0) is 6.42 Å². The summed E-state index contributed by atoms with van der Waals surface area (Å²) in [4.78, 5) is 24.7. The molecule has 4 aromatic rings. The molecule has 5 rings (SSSR count). The minimum absolute atomic E-state index is 0.00819. The molecule has 1 atom stereocenters. The van der Waals surface area contributed by atoms with Crippen LogP contribution in [0, 0.1) is 20.8 Å². The van der Waals surface area contributed by atoms with Crippen molar-refractivity contribution in [1.29, 1.82) is 0 Å². The minimum Gasteiger partial charge on any atom is -0.337 e. The molecule has 0 N–H and O–H groups in total. The number of piperidine rings is 1. The summed E-state index contributed by atoms with van der Waals surface area (Å²) in [5.74, 6) is 0.256. The minimum atomic E-state index is 0.00819. The molecule has 0 unspecified atom stereocenters. The zero-order valence-electron chi connectivity index (χ0n) is 19.6. The van der Waals surface area contributed by atoms with E-state index in [0.717, 1.165) is 48.4 Å². The van der Waals surface area contributed by atoms with Crippen LogP contribution < -0.4 is 0 Å². The van der Waals surface area contributed by atoms with E-state index < -0.39 is 0 Å². The Hall–Kier alpha value is -3.47. The maximum Gasteiger partial charge on any atom is 0.274 e. The van der Waals surface area contributed by atoms with Crippen LogP contribution in [0.2, 0.25) is 0 Å². The summed E-state index contributed by atoms with van der Waals surface area (Å²) >= 11 is 0. The summed E-state index contributed by atoms with van der Waals surface area (Å²) in [5.41, 5.74) is 8.54. The van der Waals surface area contributed by atoms with Crippen LogP contribution in [0.4, 0.5) is 0 Å². The van der Waals surface area contributed by atoms with E-state index in [-0.39, 0.29) is 11.8 Å². The fourth-order valence-corrected chi connectivity index (χ4v) is 4.86. The van der Waals surface area contributed by atoms with Gasteiger partial charge in [-0.1, -0.05) is 24.3 Å². The standard InChI is InChI=1S/C28H30N4O/c1-19-10-12-31-18-26(30-27(31)13-19)28(33)32-11-6-9-24(17-32)25-16-22(14-21(3)29-25)15-23-8-5-4-7-20(23)2/h4-5,7-8,10,12-14,16,18,24H,6,9,11,15,17H2,1-3H3/t24-/m0/s1. The molecular weight excluding hydrogens is 408 g/mol. The predicted octanol–water partition coefficient (Wildman–Crippen LogP) is 5.27. The Balaban J connectivity index is 1.36. The first kappa shape index (κ1) is 21.4. The fourth-order valence-electron chi connectivity index (χ4n) is 4.86. The number of nitrogens with zero attached hydrogens (tertiary/aromatic N) is 4. The molecule has 1 aliphatic rings. The summed E-state index contributed by atoms with van der Waals surface area (Å²) in [6.07, 6.45) is 6.73. The number of aromatic nitrogens is 3. The molecule has 0 radical (unpaired) electrons. The number of amides is 1. The normalized spacial score (nSPS) is 16.3. The van der Waals surface area contributed by atoms with Gasteiger partial charge in [0.2, 0.25) is 0 Å². The van der Waals surface area contributed by atoms with Crippen molar-refractivity contribution in [3.63, 3.8) is 0 Å². The molecule has 0 saturated carbocycles. The number of benzene rings is 1. The molecule has 1 amide bonds. The number of carbonyl (C=O) groups excluding carboxylic acids is 1. The van der Waals surface area contributed by atoms with Crippen LogP contribution in [0.5, 0.6) is 0 Å². The van der Waals surface area contributed by atoms with Gasteiger partial charge in [-0.15, -0.1) is 0 Å². The van der Waals surface area contributed by atoms with Gasteiger partial charge in [-0.25, -0.2) is 4.98 Å². The largest absolute Gasteiger partial charge is 0.337 e. The first-order valence-electron chi connectivity index (χ1n) is 11.7. The summed E-state index contributed by atoms with van der Waals surface area (Å²) in [7, 11) is 0. The number of fused-ring (bicyclic) bond motifs is 1. The van der Waals surface area contributed by atoms with Crippen LogP contribution >= 0.6 is 0 Å². The first-order valence-corrected chi connectivity index (χ1v) is 11.7. The number of hydrogen-bond acceptors (Lipinski definition) is 3. The summed E-state index contributed by atoms with van der Waals surface area (Å²) in [6.45, 7) is 7.72. The zero-order valence-corrected chi connectivity index (χ0v) is 19.6. The smallest absolute Gasteiger partial charge is 0.274 e. The van der Waals surface area contributed by atoms with Crippen molar-refractivity contribution >= 4 is 11.6 Å². The first-order chi connectivity index (χ1) is 16.0. The van der Waals surface area contributed by atoms with Crippen molar-refractivity contribution in [2.45, 2.75) is 46.0 Å². The molecule has 5 nitrogen and oxygen atoms in total. The number of likely N-dealkylation sites (tertiary alicyclic amines) is 1. The third-order valence-electron chi connectivity index (χ3n) is 6.65. The molecule has 1 aliphatic heterocycles.